The van der Waals surface area contributed by atoms with Crippen LogP contribution in [-0.2, 0) is 11.2 Å². The van der Waals surface area contributed by atoms with Crippen molar-refractivity contribution < 1.29 is 4.79 Å². The molecule has 1 fully saturated rings. The summed E-state index contributed by atoms with van der Waals surface area (Å²) in [6.07, 6.45) is 2.99. The first-order chi connectivity index (χ1) is 12.8. The van der Waals surface area contributed by atoms with Gasteiger partial charge >= 0.3 is 0 Å². The Kier molecular flexibility index (Phi) is 4.83. The van der Waals surface area contributed by atoms with Gasteiger partial charge in [0.1, 0.15) is 0 Å². The van der Waals surface area contributed by atoms with Crippen molar-refractivity contribution in [3.05, 3.63) is 102 Å². The van der Waals surface area contributed by atoms with E-state index in [1.165, 1.54) is 11.1 Å². The summed E-state index contributed by atoms with van der Waals surface area (Å²) in [4.78, 5) is 14.9. The lowest BCUT2D eigenvalue weighted by molar-refractivity contribution is -0.130. The SMILES string of the molecule is O=C1C(CCCc2ccccc2)C(c2ccccc2)N1c1ccccc1. The number of anilines is 1. The summed E-state index contributed by atoms with van der Waals surface area (Å²) in [7, 11) is 0. The summed E-state index contributed by atoms with van der Waals surface area (Å²) in [5.74, 6) is 0.319. The van der Waals surface area contributed by atoms with Gasteiger partial charge in [-0.2, -0.15) is 0 Å². The van der Waals surface area contributed by atoms with E-state index in [0.29, 0.717) is 0 Å². The van der Waals surface area contributed by atoms with Gasteiger partial charge in [0.05, 0.1) is 12.0 Å². The van der Waals surface area contributed by atoms with Gasteiger partial charge in [0.25, 0.3) is 0 Å². The molecule has 26 heavy (non-hydrogen) atoms. The van der Waals surface area contributed by atoms with Gasteiger partial charge in [0, 0.05) is 5.69 Å². The molecule has 3 aromatic rings. The van der Waals surface area contributed by atoms with Gasteiger partial charge in [-0.3, -0.25) is 4.79 Å². The molecule has 1 heterocycles. The van der Waals surface area contributed by atoms with Gasteiger partial charge in [-0.15, -0.1) is 0 Å². The third-order valence-corrected chi connectivity index (χ3v) is 5.21. The van der Waals surface area contributed by atoms with Crippen LogP contribution in [0.25, 0.3) is 0 Å². The number of carbonyl (C=O) groups is 1. The first kappa shape index (κ1) is 16.6. The molecular weight excluding hydrogens is 318 g/mol. The molecule has 4 rings (SSSR count). The fourth-order valence-electron chi connectivity index (χ4n) is 3.91. The van der Waals surface area contributed by atoms with Crippen molar-refractivity contribution in [1.82, 2.24) is 0 Å². The zero-order chi connectivity index (χ0) is 17.8. The number of β-lactam (4-membered cyclic amide) rings is 1. The average molecular weight is 341 g/mol. The minimum atomic E-state index is 0.0707. The summed E-state index contributed by atoms with van der Waals surface area (Å²) in [5, 5.41) is 0. The smallest absolute Gasteiger partial charge is 0.233 e. The summed E-state index contributed by atoms with van der Waals surface area (Å²) >= 11 is 0. The van der Waals surface area contributed by atoms with E-state index in [2.05, 4.69) is 48.5 Å². The molecule has 1 aliphatic heterocycles. The van der Waals surface area contributed by atoms with E-state index in [-0.39, 0.29) is 17.9 Å². The second-order valence-corrected chi connectivity index (χ2v) is 6.88. The molecule has 0 radical (unpaired) electrons. The topological polar surface area (TPSA) is 20.3 Å². The molecule has 0 aliphatic carbocycles. The van der Waals surface area contributed by atoms with Crippen LogP contribution in [0.2, 0.25) is 0 Å². The minimum absolute atomic E-state index is 0.0707. The lowest BCUT2D eigenvalue weighted by atomic mass is 9.78. The molecule has 2 nitrogen and oxygen atoms in total. The molecule has 2 heteroatoms. The minimum Gasteiger partial charge on any atom is -0.304 e. The molecule has 0 saturated carbocycles. The molecule has 2 atom stereocenters. The van der Waals surface area contributed by atoms with Gasteiger partial charge in [-0.25, -0.2) is 0 Å². The van der Waals surface area contributed by atoms with E-state index in [1.54, 1.807) is 0 Å². The summed E-state index contributed by atoms with van der Waals surface area (Å²) in [6, 6.07) is 31.1. The number of para-hydroxylation sites is 1. The Balaban J connectivity index is 1.51. The normalized spacial score (nSPS) is 19.2. The second kappa shape index (κ2) is 7.57. The van der Waals surface area contributed by atoms with Crippen LogP contribution in [0.3, 0.4) is 0 Å². The highest BCUT2D eigenvalue weighted by Gasteiger charge is 2.47. The molecule has 130 valence electrons. The van der Waals surface area contributed by atoms with Crippen molar-refractivity contribution >= 4 is 11.6 Å². The number of hydrogen-bond donors (Lipinski definition) is 0. The van der Waals surface area contributed by atoms with Crippen molar-refractivity contribution in [2.24, 2.45) is 5.92 Å². The van der Waals surface area contributed by atoms with Crippen LogP contribution in [0.5, 0.6) is 0 Å². The van der Waals surface area contributed by atoms with Crippen molar-refractivity contribution in [3.8, 4) is 0 Å². The highest BCUT2D eigenvalue weighted by molar-refractivity contribution is 6.03. The fourth-order valence-corrected chi connectivity index (χ4v) is 3.91. The average Bonchev–Trinajstić information content (AvgIpc) is 2.71. The van der Waals surface area contributed by atoms with Crippen LogP contribution in [-0.4, -0.2) is 5.91 Å². The summed E-state index contributed by atoms with van der Waals surface area (Å²) in [6.45, 7) is 0. The van der Waals surface area contributed by atoms with E-state index in [1.807, 2.05) is 47.4 Å². The van der Waals surface area contributed by atoms with Crippen molar-refractivity contribution in [3.63, 3.8) is 0 Å². The molecule has 1 aliphatic rings. The van der Waals surface area contributed by atoms with Crippen LogP contribution >= 0.6 is 0 Å². The zero-order valence-electron chi connectivity index (χ0n) is 14.8. The van der Waals surface area contributed by atoms with Gasteiger partial charge in [0.2, 0.25) is 5.91 Å². The fraction of sp³-hybridized carbons (Fsp3) is 0.208. The molecule has 0 aromatic heterocycles. The van der Waals surface area contributed by atoms with E-state index >= 15 is 0 Å². The quantitative estimate of drug-likeness (QED) is 0.549. The van der Waals surface area contributed by atoms with Gasteiger partial charge < -0.3 is 4.90 Å². The molecule has 3 aromatic carbocycles. The van der Waals surface area contributed by atoms with Crippen molar-refractivity contribution in [2.75, 3.05) is 4.90 Å². The predicted octanol–water partition coefficient (Wildman–Crippen LogP) is 5.41. The Morgan fingerprint density at radius 2 is 1.31 bits per heavy atom. The van der Waals surface area contributed by atoms with Gasteiger partial charge in [-0.05, 0) is 42.5 Å². The first-order valence-corrected chi connectivity index (χ1v) is 9.31. The third-order valence-electron chi connectivity index (χ3n) is 5.21. The Bertz CT molecular complexity index is 845. The second-order valence-electron chi connectivity index (χ2n) is 6.88. The van der Waals surface area contributed by atoms with Crippen molar-refractivity contribution in [1.29, 1.82) is 0 Å². The number of nitrogens with zero attached hydrogens (tertiary/aromatic N) is 1. The Morgan fingerprint density at radius 1 is 0.731 bits per heavy atom. The van der Waals surface area contributed by atoms with Crippen molar-refractivity contribution in [2.45, 2.75) is 25.3 Å². The van der Waals surface area contributed by atoms with Crippen LogP contribution < -0.4 is 4.90 Å². The molecule has 0 spiro atoms. The highest BCUT2D eigenvalue weighted by atomic mass is 16.2. The Hall–Kier alpha value is -2.87. The van der Waals surface area contributed by atoms with E-state index in [9.17, 15) is 4.79 Å². The monoisotopic (exact) mass is 341 g/mol. The number of amides is 1. The third kappa shape index (κ3) is 3.28. The molecule has 2 unspecified atom stereocenters. The van der Waals surface area contributed by atoms with Crippen LogP contribution in [0.1, 0.15) is 30.0 Å². The highest BCUT2D eigenvalue weighted by Crippen LogP contribution is 2.45. The number of carbonyl (C=O) groups excluding carboxylic acids is 1. The molecule has 0 bridgehead atoms. The van der Waals surface area contributed by atoms with Crippen LogP contribution in [0.15, 0.2) is 91.0 Å². The standard InChI is InChI=1S/C24H23NO/c26-24-22(18-10-13-19-11-4-1-5-12-19)23(20-14-6-2-7-15-20)25(24)21-16-8-3-9-17-21/h1-9,11-12,14-17,22-23H,10,13,18H2. The molecule has 0 N–H and O–H groups in total. The molecule has 1 saturated heterocycles. The van der Waals surface area contributed by atoms with Gasteiger partial charge in [0.15, 0.2) is 0 Å². The van der Waals surface area contributed by atoms with Crippen LogP contribution in [0.4, 0.5) is 5.69 Å². The summed E-state index contributed by atoms with van der Waals surface area (Å²) in [5.41, 5.74) is 3.56. The lowest BCUT2D eigenvalue weighted by Crippen LogP contribution is -2.55. The number of aryl methyl sites for hydroxylation is 1. The predicted molar refractivity (Wildman–Crippen MR) is 106 cm³/mol. The van der Waals surface area contributed by atoms with E-state index < -0.39 is 0 Å². The number of benzene rings is 3. The molecule has 1 amide bonds. The zero-order valence-corrected chi connectivity index (χ0v) is 14.8. The largest absolute Gasteiger partial charge is 0.304 e. The maximum Gasteiger partial charge on any atom is 0.233 e. The first-order valence-electron chi connectivity index (χ1n) is 9.31. The van der Waals surface area contributed by atoms with Gasteiger partial charge in [-0.1, -0.05) is 78.9 Å². The van der Waals surface area contributed by atoms with Crippen LogP contribution in [0, 0.1) is 5.92 Å². The number of rotatable bonds is 6. The Morgan fingerprint density at radius 3 is 1.96 bits per heavy atom. The molecular formula is C24H23NO. The lowest BCUT2D eigenvalue weighted by Gasteiger charge is -2.47. The summed E-state index contributed by atoms with van der Waals surface area (Å²) < 4.78 is 0. The van der Waals surface area contributed by atoms with E-state index in [0.717, 1.165) is 24.9 Å². The maximum absolute atomic E-state index is 12.9. The Labute approximate surface area is 155 Å². The van der Waals surface area contributed by atoms with E-state index in [4.69, 9.17) is 0 Å². The maximum atomic E-state index is 12.9. The number of hydrogen-bond acceptors (Lipinski definition) is 1.